The molecule has 0 amide bonds. The van der Waals surface area contributed by atoms with Crippen LogP contribution in [0.15, 0.2) is 17.1 Å². The molecule has 0 aromatic carbocycles. The molecule has 0 bridgehead atoms. The summed E-state index contributed by atoms with van der Waals surface area (Å²) in [4.78, 5) is 13.6. The van der Waals surface area contributed by atoms with Crippen molar-refractivity contribution in [3.8, 4) is 5.75 Å². The summed E-state index contributed by atoms with van der Waals surface area (Å²) in [6, 6.07) is 1.44. The molecule has 0 unspecified atom stereocenters. The third-order valence-corrected chi connectivity index (χ3v) is 2.86. The molecule has 0 atom stereocenters. The van der Waals surface area contributed by atoms with Crippen molar-refractivity contribution in [2.75, 3.05) is 20.2 Å². The minimum absolute atomic E-state index is 0.0199. The van der Waals surface area contributed by atoms with E-state index in [1.54, 1.807) is 4.57 Å². The van der Waals surface area contributed by atoms with E-state index in [0.29, 0.717) is 13.1 Å². The smallest absolute Gasteiger partial charge is 0.223 e. The molecule has 102 valence electrons. The van der Waals surface area contributed by atoms with Gasteiger partial charge in [-0.25, -0.2) is 0 Å². The Balaban J connectivity index is 2.85. The molecule has 0 saturated heterocycles. The van der Waals surface area contributed by atoms with Crippen molar-refractivity contribution in [1.82, 2.24) is 9.47 Å². The van der Waals surface area contributed by atoms with Crippen molar-refractivity contribution in [2.24, 2.45) is 0 Å². The van der Waals surface area contributed by atoms with Gasteiger partial charge >= 0.3 is 0 Å². The van der Waals surface area contributed by atoms with Gasteiger partial charge in [-0.1, -0.05) is 13.3 Å². The van der Waals surface area contributed by atoms with Crippen LogP contribution in [-0.4, -0.2) is 39.9 Å². The molecular formula is C13H22N2O3. The number of aromatic hydroxyl groups is 1. The first-order valence-corrected chi connectivity index (χ1v) is 6.30. The standard InChI is InChI=1S/C13H22N2O3/c1-3-4-5-14(2)9-11-8-12(17)13(18)10-15(11)6-7-16/h8,10,16,18H,3-7,9H2,1-2H3. The number of aliphatic hydroxyl groups excluding tert-OH is 1. The maximum atomic E-state index is 11.4. The van der Waals surface area contributed by atoms with Gasteiger partial charge in [0.05, 0.1) is 12.8 Å². The Morgan fingerprint density at radius 3 is 2.78 bits per heavy atom. The first-order valence-electron chi connectivity index (χ1n) is 6.30. The number of nitrogens with zero attached hydrogens (tertiary/aromatic N) is 2. The van der Waals surface area contributed by atoms with Gasteiger partial charge in [-0.15, -0.1) is 0 Å². The minimum atomic E-state index is -0.372. The van der Waals surface area contributed by atoms with E-state index in [-0.39, 0.29) is 17.8 Å². The summed E-state index contributed by atoms with van der Waals surface area (Å²) in [6.07, 6.45) is 3.63. The summed E-state index contributed by atoms with van der Waals surface area (Å²) in [5.41, 5.74) is 0.438. The second-order valence-electron chi connectivity index (χ2n) is 4.52. The van der Waals surface area contributed by atoms with Crippen molar-refractivity contribution in [2.45, 2.75) is 32.9 Å². The molecule has 0 aliphatic rings. The lowest BCUT2D eigenvalue weighted by molar-refractivity contribution is 0.264. The van der Waals surface area contributed by atoms with Crippen molar-refractivity contribution < 1.29 is 10.2 Å². The molecule has 1 rings (SSSR count). The van der Waals surface area contributed by atoms with E-state index in [2.05, 4.69) is 11.8 Å². The Kier molecular flexibility index (Phi) is 5.88. The molecule has 0 spiro atoms. The second kappa shape index (κ2) is 7.18. The van der Waals surface area contributed by atoms with Gasteiger partial charge in [0, 0.05) is 24.8 Å². The number of aromatic nitrogens is 1. The summed E-state index contributed by atoms with van der Waals surface area (Å²) >= 11 is 0. The van der Waals surface area contributed by atoms with E-state index >= 15 is 0 Å². The fourth-order valence-corrected chi connectivity index (χ4v) is 1.84. The summed E-state index contributed by atoms with van der Waals surface area (Å²) in [6.45, 7) is 4.09. The van der Waals surface area contributed by atoms with Gasteiger partial charge in [0.2, 0.25) is 5.43 Å². The highest BCUT2D eigenvalue weighted by Gasteiger charge is 2.08. The fraction of sp³-hybridized carbons (Fsp3) is 0.615. The maximum Gasteiger partial charge on any atom is 0.223 e. The van der Waals surface area contributed by atoms with Crippen LogP contribution in [0, 0.1) is 0 Å². The van der Waals surface area contributed by atoms with Crippen molar-refractivity contribution in [1.29, 1.82) is 0 Å². The molecule has 0 radical (unpaired) electrons. The molecule has 5 heteroatoms. The van der Waals surface area contributed by atoms with Crippen molar-refractivity contribution in [3.63, 3.8) is 0 Å². The van der Waals surface area contributed by atoms with E-state index in [4.69, 9.17) is 5.11 Å². The molecular weight excluding hydrogens is 232 g/mol. The molecule has 0 saturated carbocycles. The molecule has 0 aliphatic heterocycles. The monoisotopic (exact) mass is 254 g/mol. The number of hydrogen-bond donors (Lipinski definition) is 2. The fourth-order valence-electron chi connectivity index (χ4n) is 1.84. The Morgan fingerprint density at radius 2 is 2.17 bits per heavy atom. The number of rotatable bonds is 7. The van der Waals surface area contributed by atoms with Crippen LogP contribution in [0.25, 0.3) is 0 Å². The lowest BCUT2D eigenvalue weighted by Crippen LogP contribution is -2.24. The van der Waals surface area contributed by atoms with Crippen LogP contribution in [0.2, 0.25) is 0 Å². The van der Waals surface area contributed by atoms with Crippen LogP contribution in [0.5, 0.6) is 5.75 Å². The highest BCUT2D eigenvalue weighted by Crippen LogP contribution is 2.08. The van der Waals surface area contributed by atoms with Crippen LogP contribution in [0.3, 0.4) is 0 Å². The number of hydrogen-bond acceptors (Lipinski definition) is 4. The minimum Gasteiger partial charge on any atom is -0.503 e. The highest BCUT2D eigenvalue weighted by atomic mass is 16.3. The van der Waals surface area contributed by atoms with Gasteiger partial charge in [0.15, 0.2) is 5.75 Å². The van der Waals surface area contributed by atoms with Gasteiger partial charge in [-0.3, -0.25) is 4.79 Å². The van der Waals surface area contributed by atoms with Crippen LogP contribution < -0.4 is 5.43 Å². The Bertz CT molecular complexity index is 429. The molecule has 2 N–H and O–H groups in total. The third-order valence-electron chi connectivity index (χ3n) is 2.86. The average molecular weight is 254 g/mol. The Hall–Kier alpha value is -1.33. The van der Waals surface area contributed by atoms with Crippen LogP contribution >= 0.6 is 0 Å². The van der Waals surface area contributed by atoms with Gasteiger partial charge in [-0.2, -0.15) is 0 Å². The zero-order valence-corrected chi connectivity index (χ0v) is 11.1. The average Bonchev–Trinajstić information content (AvgIpc) is 2.33. The van der Waals surface area contributed by atoms with Gasteiger partial charge in [0.1, 0.15) is 0 Å². The first-order chi connectivity index (χ1) is 8.58. The summed E-state index contributed by atoms with van der Waals surface area (Å²) in [5, 5.41) is 18.4. The van der Waals surface area contributed by atoms with E-state index in [1.165, 1.54) is 12.3 Å². The van der Waals surface area contributed by atoms with Crippen LogP contribution in [0.1, 0.15) is 25.5 Å². The zero-order valence-electron chi connectivity index (χ0n) is 11.1. The van der Waals surface area contributed by atoms with Crippen LogP contribution in [-0.2, 0) is 13.1 Å². The topological polar surface area (TPSA) is 65.7 Å². The molecule has 18 heavy (non-hydrogen) atoms. The lowest BCUT2D eigenvalue weighted by atomic mass is 10.2. The van der Waals surface area contributed by atoms with Crippen molar-refractivity contribution >= 4 is 0 Å². The molecule has 5 nitrogen and oxygen atoms in total. The largest absolute Gasteiger partial charge is 0.503 e. The lowest BCUT2D eigenvalue weighted by Gasteiger charge is -2.19. The van der Waals surface area contributed by atoms with E-state index in [0.717, 1.165) is 25.1 Å². The zero-order chi connectivity index (χ0) is 13.5. The summed E-state index contributed by atoms with van der Waals surface area (Å²) in [7, 11) is 2.00. The first kappa shape index (κ1) is 14.7. The second-order valence-corrected chi connectivity index (χ2v) is 4.52. The molecule has 0 fully saturated rings. The number of aliphatic hydroxyl groups is 1. The quantitative estimate of drug-likeness (QED) is 0.754. The number of unbranched alkanes of at least 4 members (excludes halogenated alkanes) is 1. The van der Waals surface area contributed by atoms with Gasteiger partial charge in [0.25, 0.3) is 0 Å². The Labute approximate surface area is 107 Å². The predicted octanol–water partition coefficient (Wildman–Crippen LogP) is 0.778. The van der Waals surface area contributed by atoms with Gasteiger partial charge < -0.3 is 19.7 Å². The van der Waals surface area contributed by atoms with Gasteiger partial charge in [-0.05, 0) is 20.0 Å². The Morgan fingerprint density at radius 1 is 1.44 bits per heavy atom. The normalized spacial score (nSPS) is 11.1. The molecule has 1 aromatic rings. The number of pyridine rings is 1. The summed E-state index contributed by atoms with van der Waals surface area (Å²) < 4.78 is 1.72. The van der Waals surface area contributed by atoms with E-state index in [1.807, 2.05) is 7.05 Å². The maximum absolute atomic E-state index is 11.4. The van der Waals surface area contributed by atoms with Crippen LogP contribution in [0.4, 0.5) is 0 Å². The SMILES string of the molecule is CCCCN(C)Cc1cc(=O)c(O)cn1CCO. The van der Waals surface area contributed by atoms with Crippen molar-refractivity contribution in [3.05, 3.63) is 28.2 Å². The van der Waals surface area contributed by atoms with E-state index in [9.17, 15) is 9.90 Å². The molecule has 1 aromatic heterocycles. The van der Waals surface area contributed by atoms with E-state index < -0.39 is 0 Å². The molecule has 1 heterocycles. The summed E-state index contributed by atoms with van der Waals surface area (Å²) in [5.74, 6) is -0.275. The highest BCUT2D eigenvalue weighted by molar-refractivity contribution is 5.20. The third kappa shape index (κ3) is 4.16. The molecule has 0 aliphatic carbocycles. The predicted molar refractivity (Wildman–Crippen MR) is 70.7 cm³/mol.